The van der Waals surface area contributed by atoms with E-state index in [1.54, 1.807) is 7.11 Å². The first kappa shape index (κ1) is 17.7. The van der Waals surface area contributed by atoms with Crippen molar-refractivity contribution in [2.45, 2.75) is 44.9 Å². The van der Waals surface area contributed by atoms with Crippen molar-refractivity contribution in [1.82, 2.24) is 5.32 Å². The normalized spacial score (nSPS) is 12.6. The summed E-state index contributed by atoms with van der Waals surface area (Å²) in [5, 5.41) is 3.51. The Morgan fingerprint density at radius 2 is 2.00 bits per heavy atom. The third-order valence-corrected chi connectivity index (χ3v) is 4.35. The van der Waals surface area contributed by atoms with Crippen LogP contribution in [0.3, 0.4) is 0 Å². The van der Waals surface area contributed by atoms with Crippen molar-refractivity contribution in [3.8, 4) is 0 Å². The van der Waals surface area contributed by atoms with Crippen LogP contribution >= 0.6 is 15.9 Å². The summed E-state index contributed by atoms with van der Waals surface area (Å²) in [6.07, 6.45) is 6.55. The number of nitrogens with one attached hydrogen (secondary N) is 1. The van der Waals surface area contributed by atoms with Crippen molar-refractivity contribution < 1.29 is 4.74 Å². The Labute approximate surface area is 132 Å². The van der Waals surface area contributed by atoms with Crippen LogP contribution in [-0.2, 0) is 4.74 Å². The molecule has 0 fully saturated rings. The molecule has 1 unspecified atom stereocenters. The average molecular weight is 342 g/mol. The largest absolute Gasteiger partial charge is 0.383 e. The average Bonchev–Trinajstić information content (AvgIpc) is 2.46. The van der Waals surface area contributed by atoms with Gasteiger partial charge in [-0.2, -0.15) is 0 Å². The van der Waals surface area contributed by atoms with E-state index in [1.165, 1.54) is 42.1 Å². The summed E-state index contributed by atoms with van der Waals surface area (Å²) in [4.78, 5) is 0. The third-order valence-electron chi connectivity index (χ3n) is 3.62. The maximum absolute atomic E-state index is 5.09. The second kappa shape index (κ2) is 11.3. The summed E-state index contributed by atoms with van der Waals surface area (Å²) in [6.45, 7) is 4.99. The second-order valence-electron chi connectivity index (χ2n) is 5.26. The van der Waals surface area contributed by atoms with Gasteiger partial charge in [-0.05, 0) is 24.0 Å². The quantitative estimate of drug-likeness (QED) is 0.587. The smallest absolute Gasteiger partial charge is 0.0587 e. The van der Waals surface area contributed by atoms with Crippen molar-refractivity contribution in [3.05, 3.63) is 34.3 Å². The molecule has 0 amide bonds. The molecular weight excluding hydrogens is 314 g/mol. The number of methoxy groups -OCH3 is 1. The number of halogens is 1. The number of hydrogen-bond donors (Lipinski definition) is 1. The monoisotopic (exact) mass is 341 g/mol. The van der Waals surface area contributed by atoms with E-state index in [0.29, 0.717) is 5.92 Å². The Morgan fingerprint density at radius 1 is 1.20 bits per heavy atom. The van der Waals surface area contributed by atoms with Gasteiger partial charge in [0.1, 0.15) is 0 Å². The van der Waals surface area contributed by atoms with Gasteiger partial charge in [0.2, 0.25) is 0 Å². The van der Waals surface area contributed by atoms with Crippen LogP contribution in [0, 0.1) is 0 Å². The summed E-state index contributed by atoms with van der Waals surface area (Å²) in [5.41, 5.74) is 1.42. The van der Waals surface area contributed by atoms with Crippen LogP contribution in [0.2, 0.25) is 0 Å². The maximum Gasteiger partial charge on any atom is 0.0587 e. The van der Waals surface area contributed by atoms with Crippen LogP contribution in [-0.4, -0.2) is 26.8 Å². The Morgan fingerprint density at radius 3 is 2.70 bits per heavy atom. The van der Waals surface area contributed by atoms with E-state index in [9.17, 15) is 0 Å². The van der Waals surface area contributed by atoms with E-state index in [0.717, 1.165) is 19.7 Å². The Balaban J connectivity index is 2.52. The van der Waals surface area contributed by atoms with E-state index in [-0.39, 0.29) is 0 Å². The standard InChI is InChI=1S/C17H28BrNO/c1-3-4-5-6-9-15(14-19-12-13-20-2)16-10-7-8-11-17(16)18/h7-8,10-11,15,19H,3-6,9,12-14H2,1-2H3. The predicted molar refractivity (Wildman–Crippen MR) is 90.4 cm³/mol. The zero-order valence-electron chi connectivity index (χ0n) is 12.8. The van der Waals surface area contributed by atoms with Gasteiger partial charge in [-0.3, -0.25) is 0 Å². The Hall–Kier alpha value is -0.380. The first-order chi connectivity index (χ1) is 9.79. The number of hydrogen-bond acceptors (Lipinski definition) is 2. The van der Waals surface area contributed by atoms with Crippen molar-refractivity contribution >= 4 is 15.9 Å². The molecular formula is C17H28BrNO. The van der Waals surface area contributed by atoms with Gasteiger partial charge in [0, 0.05) is 24.7 Å². The lowest BCUT2D eigenvalue weighted by Crippen LogP contribution is -2.25. The second-order valence-corrected chi connectivity index (χ2v) is 6.12. The first-order valence-corrected chi connectivity index (χ1v) is 8.53. The maximum atomic E-state index is 5.09. The minimum atomic E-state index is 0.583. The van der Waals surface area contributed by atoms with Crippen LogP contribution < -0.4 is 5.32 Å². The zero-order valence-corrected chi connectivity index (χ0v) is 14.4. The lowest BCUT2D eigenvalue weighted by molar-refractivity contribution is 0.198. The van der Waals surface area contributed by atoms with Crippen LogP contribution in [0.15, 0.2) is 28.7 Å². The van der Waals surface area contributed by atoms with E-state index >= 15 is 0 Å². The molecule has 0 aliphatic rings. The van der Waals surface area contributed by atoms with Gasteiger partial charge < -0.3 is 10.1 Å². The first-order valence-electron chi connectivity index (χ1n) is 7.73. The minimum absolute atomic E-state index is 0.583. The fraction of sp³-hybridized carbons (Fsp3) is 0.647. The molecule has 1 aromatic carbocycles. The number of ether oxygens (including phenoxy) is 1. The molecule has 20 heavy (non-hydrogen) atoms. The topological polar surface area (TPSA) is 21.3 Å². The molecule has 0 saturated heterocycles. The molecule has 2 nitrogen and oxygen atoms in total. The van der Waals surface area contributed by atoms with E-state index < -0.39 is 0 Å². The molecule has 0 heterocycles. The van der Waals surface area contributed by atoms with Crippen molar-refractivity contribution in [3.63, 3.8) is 0 Å². The van der Waals surface area contributed by atoms with Crippen molar-refractivity contribution in [2.75, 3.05) is 26.8 Å². The highest BCUT2D eigenvalue weighted by atomic mass is 79.9. The molecule has 1 atom stereocenters. The predicted octanol–water partition coefficient (Wildman–Crippen LogP) is 4.74. The highest BCUT2D eigenvalue weighted by Crippen LogP contribution is 2.28. The molecule has 0 bridgehead atoms. The van der Waals surface area contributed by atoms with Crippen LogP contribution in [0.4, 0.5) is 0 Å². The third kappa shape index (κ3) is 6.87. The van der Waals surface area contributed by atoms with E-state index in [1.807, 2.05) is 0 Å². The Bertz CT molecular complexity index is 345. The van der Waals surface area contributed by atoms with Gasteiger partial charge in [-0.25, -0.2) is 0 Å². The number of rotatable bonds is 11. The lowest BCUT2D eigenvalue weighted by atomic mass is 9.93. The van der Waals surface area contributed by atoms with Crippen LogP contribution in [0.1, 0.15) is 50.5 Å². The van der Waals surface area contributed by atoms with Crippen molar-refractivity contribution in [2.24, 2.45) is 0 Å². The molecule has 0 aliphatic heterocycles. The molecule has 3 heteroatoms. The molecule has 0 aliphatic carbocycles. The highest BCUT2D eigenvalue weighted by molar-refractivity contribution is 9.10. The van der Waals surface area contributed by atoms with Crippen LogP contribution in [0.25, 0.3) is 0 Å². The summed E-state index contributed by atoms with van der Waals surface area (Å²) in [5.74, 6) is 0.583. The summed E-state index contributed by atoms with van der Waals surface area (Å²) in [6, 6.07) is 8.60. The Kier molecular flexibility index (Phi) is 9.98. The van der Waals surface area contributed by atoms with Gasteiger partial charge in [0.15, 0.2) is 0 Å². The molecule has 0 aromatic heterocycles. The molecule has 114 valence electrons. The van der Waals surface area contributed by atoms with Crippen LogP contribution in [0.5, 0.6) is 0 Å². The molecule has 1 N–H and O–H groups in total. The van der Waals surface area contributed by atoms with Gasteiger partial charge in [0.25, 0.3) is 0 Å². The molecule has 0 radical (unpaired) electrons. The minimum Gasteiger partial charge on any atom is -0.383 e. The fourth-order valence-electron chi connectivity index (χ4n) is 2.44. The zero-order chi connectivity index (χ0) is 14.6. The molecule has 1 rings (SSSR count). The van der Waals surface area contributed by atoms with Gasteiger partial charge >= 0.3 is 0 Å². The van der Waals surface area contributed by atoms with E-state index in [4.69, 9.17) is 4.74 Å². The number of unbranched alkanes of at least 4 members (excludes halogenated alkanes) is 3. The van der Waals surface area contributed by atoms with Crippen molar-refractivity contribution in [1.29, 1.82) is 0 Å². The van der Waals surface area contributed by atoms with E-state index in [2.05, 4.69) is 52.4 Å². The molecule has 0 spiro atoms. The number of benzene rings is 1. The highest BCUT2D eigenvalue weighted by Gasteiger charge is 2.13. The lowest BCUT2D eigenvalue weighted by Gasteiger charge is -2.19. The summed E-state index contributed by atoms with van der Waals surface area (Å²) >= 11 is 3.69. The SMILES string of the molecule is CCCCCCC(CNCCOC)c1ccccc1Br. The molecule has 1 aromatic rings. The van der Waals surface area contributed by atoms with Gasteiger partial charge in [-0.1, -0.05) is 66.7 Å². The fourth-order valence-corrected chi connectivity index (χ4v) is 3.05. The summed E-state index contributed by atoms with van der Waals surface area (Å²) in [7, 11) is 1.75. The molecule has 0 saturated carbocycles. The van der Waals surface area contributed by atoms with Gasteiger partial charge in [-0.15, -0.1) is 0 Å². The summed E-state index contributed by atoms with van der Waals surface area (Å²) < 4.78 is 6.32. The van der Waals surface area contributed by atoms with Gasteiger partial charge in [0.05, 0.1) is 6.61 Å².